The Kier molecular flexibility index (Phi) is 6.75. The van der Waals surface area contributed by atoms with Gasteiger partial charge in [-0.05, 0) is 29.7 Å². The molecule has 2 N–H and O–H groups in total. The van der Waals surface area contributed by atoms with E-state index in [1.165, 1.54) is 23.3 Å². The van der Waals surface area contributed by atoms with Crippen molar-refractivity contribution < 1.29 is 9.72 Å². The maximum atomic E-state index is 12.1. The molecule has 1 aliphatic rings. The Morgan fingerprint density at radius 2 is 1.82 bits per heavy atom. The molecule has 0 aliphatic carbocycles. The van der Waals surface area contributed by atoms with Gasteiger partial charge in [-0.1, -0.05) is 36.4 Å². The highest BCUT2D eigenvalue weighted by Gasteiger charge is 2.15. The van der Waals surface area contributed by atoms with Crippen LogP contribution in [0.2, 0.25) is 0 Å². The highest BCUT2D eigenvalue weighted by atomic mass is 16.6. The molecule has 1 aliphatic heterocycles. The van der Waals surface area contributed by atoms with Crippen LogP contribution in [0.3, 0.4) is 0 Å². The molecule has 0 spiro atoms. The van der Waals surface area contributed by atoms with Gasteiger partial charge in [-0.25, -0.2) is 0 Å². The molecule has 7 nitrogen and oxygen atoms in total. The van der Waals surface area contributed by atoms with Crippen LogP contribution in [0, 0.1) is 10.1 Å². The minimum Gasteiger partial charge on any atom is -0.383 e. The molecule has 3 rings (SSSR count). The van der Waals surface area contributed by atoms with E-state index in [4.69, 9.17) is 0 Å². The average Bonchev–Trinajstić information content (AvgIpc) is 2.73. The lowest BCUT2D eigenvalue weighted by Crippen LogP contribution is -2.40. The lowest BCUT2D eigenvalue weighted by Gasteiger charge is -2.25. The zero-order valence-corrected chi connectivity index (χ0v) is 15.6. The van der Waals surface area contributed by atoms with E-state index in [0.29, 0.717) is 19.6 Å². The first-order valence-corrected chi connectivity index (χ1v) is 9.33. The topological polar surface area (TPSA) is 87.5 Å². The Labute approximate surface area is 164 Å². The summed E-state index contributed by atoms with van der Waals surface area (Å²) in [5.41, 5.74) is 3.44. The second-order valence-corrected chi connectivity index (χ2v) is 6.66. The van der Waals surface area contributed by atoms with Gasteiger partial charge in [0.1, 0.15) is 0 Å². The molecule has 0 unspecified atom stereocenters. The summed E-state index contributed by atoms with van der Waals surface area (Å²) >= 11 is 0. The van der Waals surface area contributed by atoms with Crippen LogP contribution in [0.1, 0.15) is 12.0 Å². The molecular weight excluding hydrogens is 356 g/mol. The second-order valence-electron chi connectivity index (χ2n) is 6.66. The molecule has 2 aromatic carbocycles. The summed E-state index contributed by atoms with van der Waals surface area (Å²) in [5, 5.41) is 16.7. The van der Waals surface area contributed by atoms with Crippen LogP contribution in [0.4, 0.5) is 11.4 Å². The summed E-state index contributed by atoms with van der Waals surface area (Å²) in [6, 6.07) is 16.6. The molecule has 0 radical (unpaired) electrons. The lowest BCUT2D eigenvalue weighted by molar-refractivity contribution is -0.384. The van der Waals surface area contributed by atoms with E-state index in [9.17, 15) is 14.9 Å². The first-order chi connectivity index (χ1) is 13.6. The van der Waals surface area contributed by atoms with Crippen molar-refractivity contribution in [1.82, 2.24) is 10.2 Å². The predicted molar refractivity (Wildman–Crippen MR) is 110 cm³/mol. The number of anilines is 1. The predicted octanol–water partition coefficient (Wildman–Crippen LogP) is 2.91. The van der Waals surface area contributed by atoms with Crippen LogP contribution in [0.5, 0.6) is 0 Å². The van der Waals surface area contributed by atoms with Gasteiger partial charge in [0.25, 0.3) is 5.69 Å². The Hall–Kier alpha value is -3.19. The highest BCUT2D eigenvalue weighted by molar-refractivity contribution is 5.78. The van der Waals surface area contributed by atoms with Crippen LogP contribution < -0.4 is 10.6 Å². The Morgan fingerprint density at radius 1 is 1.07 bits per heavy atom. The Balaban J connectivity index is 1.35. The fourth-order valence-electron chi connectivity index (χ4n) is 3.14. The number of nitrogens with one attached hydrogen (secondary N) is 2. The van der Waals surface area contributed by atoms with E-state index in [-0.39, 0.29) is 11.6 Å². The van der Waals surface area contributed by atoms with Crippen molar-refractivity contribution in [2.75, 3.05) is 38.0 Å². The number of carbonyl (C=O) groups is 1. The molecule has 0 bridgehead atoms. The molecule has 0 aromatic heterocycles. The van der Waals surface area contributed by atoms with Crippen LogP contribution in [0.25, 0.3) is 5.57 Å². The van der Waals surface area contributed by atoms with Crippen molar-refractivity contribution in [1.29, 1.82) is 0 Å². The summed E-state index contributed by atoms with van der Waals surface area (Å²) in [5.74, 6) is 0.00191. The minimum atomic E-state index is -0.428. The third kappa shape index (κ3) is 5.65. The van der Waals surface area contributed by atoms with Crippen molar-refractivity contribution in [3.05, 3.63) is 76.4 Å². The molecule has 146 valence electrons. The summed E-state index contributed by atoms with van der Waals surface area (Å²) in [4.78, 5) is 24.5. The molecular formula is C21H24N4O3. The van der Waals surface area contributed by atoms with Gasteiger partial charge in [-0.2, -0.15) is 0 Å². The van der Waals surface area contributed by atoms with Crippen molar-refractivity contribution in [3.8, 4) is 0 Å². The quantitative estimate of drug-likeness (QED) is 0.418. The number of amides is 1. The molecule has 0 saturated heterocycles. The third-order valence-corrected chi connectivity index (χ3v) is 4.66. The monoisotopic (exact) mass is 380 g/mol. The van der Waals surface area contributed by atoms with Crippen molar-refractivity contribution >= 4 is 22.9 Å². The fourth-order valence-corrected chi connectivity index (χ4v) is 3.14. The van der Waals surface area contributed by atoms with Gasteiger partial charge in [-0.3, -0.25) is 19.8 Å². The number of nitro benzene ring substituents is 1. The fraction of sp³-hybridized carbons (Fsp3) is 0.286. The van der Waals surface area contributed by atoms with E-state index >= 15 is 0 Å². The summed E-state index contributed by atoms with van der Waals surface area (Å²) in [6.07, 6.45) is 3.14. The van der Waals surface area contributed by atoms with Gasteiger partial charge < -0.3 is 10.6 Å². The number of nitro groups is 1. The number of nitrogens with zero attached hydrogens (tertiary/aromatic N) is 2. The number of hydrogen-bond acceptors (Lipinski definition) is 5. The number of carbonyl (C=O) groups excluding carboxylic acids is 1. The smallest absolute Gasteiger partial charge is 0.269 e. The van der Waals surface area contributed by atoms with E-state index in [2.05, 4.69) is 33.7 Å². The van der Waals surface area contributed by atoms with E-state index in [0.717, 1.165) is 25.2 Å². The zero-order valence-electron chi connectivity index (χ0n) is 15.6. The molecule has 2 aromatic rings. The molecule has 28 heavy (non-hydrogen) atoms. The SMILES string of the molecule is O=C(CN1CC=C(c2ccccc2)CC1)NCCNc1ccc([N+](=O)[O-])cc1. The summed E-state index contributed by atoms with van der Waals surface area (Å²) in [7, 11) is 0. The average molecular weight is 380 g/mol. The molecule has 1 amide bonds. The largest absolute Gasteiger partial charge is 0.383 e. The summed E-state index contributed by atoms with van der Waals surface area (Å²) in [6.45, 7) is 3.08. The third-order valence-electron chi connectivity index (χ3n) is 4.66. The van der Waals surface area contributed by atoms with Crippen LogP contribution in [-0.2, 0) is 4.79 Å². The van der Waals surface area contributed by atoms with Crippen molar-refractivity contribution in [2.24, 2.45) is 0 Å². The normalized spacial score (nSPS) is 14.2. The molecule has 0 atom stereocenters. The maximum absolute atomic E-state index is 12.1. The zero-order chi connectivity index (χ0) is 19.8. The Bertz CT molecular complexity index is 834. The van der Waals surface area contributed by atoms with Gasteiger partial charge in [0.15, 0.2) is 0 Å². The van der Waals surface area contributed by atoms with Gasteiger partial charge in [0.2, 0.25) is 5.91 Å². The van der Waals surface area contributed by atoms with Gasteiger partial charge in [0.05, 0.1) is 11.5 Å². The van der Waals surface area contributed by atoms with Crippen molar-refractivity contribution in [2.45, 2.75) is 6.42 Å². The Morgan fingerprint density at radius 3 is 2.46 bits per heavy atom. The van der Waals surface area contributed by atoms with Crippen molar-refractivity contribution in [3.63, 3.8) is 0 Å². The first-order valence-electron chi connectivity index (χ1n) is 9.33. The minimum absolute atomic E-state index is 0.00191. The van der Waals surface area contributed by atoms with E-state index in [1.807, 2.05) is 18.2 Å². The number of non-ortho nitro benzene ring substituents is 1. The van der Waals surface area contributed by atoms with Gasteiger partial charge in [0, 0.05) is 44.0 Å². The van der Waals surface area contributed by atoms with E-state index < -0.39 is 4.92 Å². The number of hydrogen-bond donors (Lipinski definition) is 2. The molecule has 0 saturated carbocycles. The molecule has 0 fully saturated rings. The first kappa shape index (κ1) is 19.6. The van der Waals surface area contributed by atoms with Gasteiger partial charge >= 0.3 is 0 Å². The maximum Gasteiger partial charge on any atom is 0.269 e. The number of benzene rings is 2. The van der Waals surface area contributed by atoms with Crippen LogP contribution >= 0.6 is 0 Å². The molecule has 1 heterocycles. The summed E-state index contributed by atoms with van der Waals surface area (Å²) < 4.78 is 0. The second kappa shape index (κ2) is 9.66. The van der Waals surface area contributed by atoms with Gasteiger partial charge in [-0.15, -0.1) is 0 Å². The van der Waals surface area contributed by atoms with E-state index in [1.54, 1.807) is 12.1 Å². The van der Waals surface area contributed by atoms with Crippen LogP contribution in [0.15, 0.2) is 60.7 Å². The molecule has 7 heteroatoms. The van der Waals surface area contributed by atoms with Crippen LogP contribution in [-0.4, -0.2) is 48.5 Å². The standard InChI is InChI=1S/C21H24N4O3/c26-21(23-13-12-22-19-6-8-20(9-7-19)25(27)28)16-24-14-10-18(11-15-24)17-4-2-1-3-5-17/h1-10,22H,11-16H2,(H,23,26). The number of rotatable bonds is 8. The lowest BCUT2D eigenvalue weighted by atomic mass is 10.00. The highest BCUT2D eigenvalue weighted by Crippen LogP contribution is 2.21.